The molecule has 1 nitrogen and oxygen atoms in total. The van der Waals surface area contributed by atoms with Gasteiger partial charge in [0.25, 0.3) is 0 Å². The summed E-state index contributed by atoms with van der Waals surface area (Å²) in [5, 5.41) is 0. The van der Waals surface area contributed by atoms with Gasteiger partial charge in [-0.15, -0.1) is 0 Å². The van der Waals surface area contributed by atoms with E-state index >= 15 is 0 Å². The smallest absolute Gasteiger partial charge is 0.161 e. The quantitative estimate of drug-likeness (QED) is 0.457. The molecule has 2 aliphatic carbocycles. The van der Waals surface area contributed by atoms with E-state index in [1.165, 1.54) is 0 Å². The zero-order valence-electron chi connectivity index (χ0n) is 4.68. The largest absolute Gasteiger partial charge is 0.294 e. The van der Waals surface area contributed by atoms with Crippen molar-refractivity contribution in [2.75, 3.05) is 0 Å². The first kappa shape index (κ1) is 4.30. The number of carbonyl (C=O) groups is 1. The summed E-state index contributed by atoms with van der Waals surface area (Å²) in [6.45, 7) is 0. The number of fused-ring (bicyclic) bond motifs is 2. The Kier molecular flexibility index (Phi) is 0.655. The molecule has 1 atom stereocenters. The molecule has 1 fully saturated rings. The normalized spacial score (nSPS) is 33.8. The Labute approximate surface area is 48.4 Å². The van der Waals surface area contributed by atoms with Gasteiger partial charge in [-0.1, -0.05) is 6.08 Å². The molecule has 2 bridgehead atoms. The highest BCUT2D eigenvalue weighted by molar-refractivity contribution is 6.01. The fourth-order valence-electron chi connectivity index (χ4n) is 1.56. The second-order valence-corrected chi connectivity index (χ2v) is 2.56. The Bertz CT molecular complexity index is 167. The Hall–Kier alpha value is -0.590. The predicted octanol–water partition coefficient (Wildman–Crippen LogP) is 1.30. The van der Waals surface area contributed by atoms with Crippen LogP contribution in [0.4, 0.5) is 0 Å². The highest BCUT2D eigenvalue weighted by Crippen LogP contribution is 2.35. The fourth-order valence-corrected chi connectivity index (χ4v) is 1.56. The monoisotopic (exact) mass is 108 g/mol. The molecule has 0 aliphatic heterocycles. The zero-order chi connectivity index (χ0) is 5.56. The summed E-state index contributed by atoms with van der Waals surface area (Å²) in [5.41, 5.74) is 1.11. The van der Waals surface area contributed by atoms with E-state index in [0.29, 0.717) is 11.7 Å². The van der Waals surface area contributed by atoms with Crippen molar-refractivity contribution in [2.45, 2.75) is 19.3 Å². The van der Waals surface area contributed by atoms with Gasteiger partial charge in [0, 0.05) is 5.92 Å². The van der Waals surface area contributed by atoms with Crippen molar-refractivity contribution < 1.29 is 4.79 Å². The van der Waals surface area contributed by atoms with E-state index in [4.69, 9.17) is 0 Å². The van der Waals surface area contributed by atoms with Gasteiger partial charge in [-0.3, -0.25) is 4.79 Å². The van der Waals surface area contributed by atoms with Gasteiger partial charge >= 0.3 is 0 Å². The van der Waals surface area contributed by atoms with E-state index in [0.717, 1.165) is 24.8 Å². The molecule has 0 amide bonds. The van der Waals surface area contributed by atoms with Crippen molar-refractivity contribution in [1.29, 1.82) is 0 Å². The van der Waals surface area contributed by atoms with E-state index < -0.39 is 0 Å². The lowest BCUT2D eigenvalue weighted by molar-refractivity contribution is -0.117. The van der Waals surface area contributed by atoms with Crippen molar-refractivity contribution in [3.8, 4) is 0 Å². The number of rotatable bonds is 0. The minimum Gasteiger partial charge on any atom is -0.294 e. The van der Waals surface area contributed by atoms with Crippen molar-refractivity contribution in [1.82, 2.24) is 0 Å². The molecule has 0 aromatic heterocycles. The van der Waals surface area contributed by atoms with Crippen molar-refractivity contribution in [2.24, 2.45) is 5.92 Å². The average molecular weight is 108 g/mol. The topological polar surface area (TPSA) is 17.1 Å². The number of hydrogen-bond acceptors (Lipinski definition) is 1. The van der Waals surface area contributed by atoms with Gasteiger partial charge in [0.15, 0.2) is 5.78 Å². The molecule has 0 saturated heterocycles. The molecule has 0 heterocycles. The number of hydrogen-bond donors (Lipinski definition) is 0. The Balaban J connectivity index is 2.44. The maximum absolute atomic E-state index is 10.9. The van der Waals surface area contributed by atoms with E-state index in [2.05, 4.69) is 6.08 Å². The van der Waals surface area contributed by atoms with Gasteiger partial charge in [-0.05, 0) is 24.8 Å². The molecule has 0 spiro atoms. The van der Waals surface area contributed by atoms with Gasteiger partial charge in [0.05, 0.1) is 0 Å². The SMILES string of the molecule is O=C1C2=CCC1CC2. The zero-order valence-corrected chi connectivity index (χ0v) is 4.68. The molecule has 0 aromatic rings. The van der Waals surface area contributed by atoms with Crippen molar-refractivity contribution in [3.05, 3.63) is 11.6 Å². The van der Waals surface area contributed by atoms with Crippen LogP contribution in [-0.4, -0.2) is 5.78 Å². The molecule has 2 rings (SSSR count). The van der Waals surface area contributed by atoms with Crippen LogP contribution in [0.2, 0.25) is 0 Å². The molecule has 2 aliphatic rings. The molecule has 8 heavy (non-hydrogen) atoms. The first-order chi connectivity index (χ1) is 3.88. The lowest BCUT2D eigenvalue weighted by atomic mass is 10.1. The number of Topliss-reactive ketones (excluding diaryl/α,β-unsaturated/α-hetero) is 1. The van der Waals surface area contributed by atoms with Crippen LogP contribution in [-0.2, 0) is 4.79 Å². The molecule has 1 saturated carbocycles. The first-order valence-electron chi connectivity index (χ1n) is 3.11. The standard InChI is InChI=1S/C7H8O/c8-7-5-1-2-6(7)4-3-5/h1,6H,2-4H2. The minimum atomic E-state index is 0.407. The molecule has 1 unspecified atom stereocenters. The third-order valence-corrected chi connectivity index (χ3v) is 2.10. The molecular formula is C7H8O. The molecule has 1 heteroatoms. The molecule has 42 valence electrons. The second-order valence-electron chi connectivity index (χ2n) is 2.56. The Morgan fingerprint density at radius 1 is 1.62 bits per heavy atom. The van der Waals surface area contributed by atoms with Crippen LogP contribution in [0.3, 0.4) is 0 Å². The van der Waals surface area contributed by atoms with Crippen LogP contribution in [0, 0.1) is 5.92 Å². The summed E-state index contributed by atoms with van der Waals surface area (Å²) in [4.78, 5) is 10.9. The van der Waals surface area contributed by atoms with Crippen molar-refractivity contribution >= 4 is 5.78 Å². The van der Waals surface area contributed by atoms with E-state index in [9.17, 15) is 4.79 Å². The highest BCUT2D eigenvalue weighted by Gasteiger charge is 2.32. The van der Waals surface area contributed by atoms with Crippen LogP contribution in [0.5, 0.6) is 0 Å². The average Bonchev–Trinajstić information content (AvgIpc) is 2.29. The molecular weight excluding hydrogens is 100 g/mol. The van der Waals surface area contributed by atoms with E-state index in [-0.39, 0.29) is 0 Å². The van der Waals surface area contributed by atoms with E-state index in [1.54, 1.807) is 0 Å². The summed E-state index contributed by atoms with van der Waals surface area (Å²) in [6, 6.07) is 0. The maximum atomic E-state index is 10.9. The van der Waals surface area contributed by atoms with Crippen LogP contribution >= 0.6 is 0 Å². The summed E-state index contributed by atoms with van der Waals surface area (Å²) in [5.74, 6) is 0.843. The van der Waals surface area contributed by atoms with Gasteiger partial charge in [-0.25, -0.2) is 0 Å². The van der Waals surface area contributed by atoms with Gasteiger partial charge in [0.2, 0.25) is 0 Å². The number of allylic oxidation sites excluding steroid dienone is 2. The third kappa shape index (κ3) is 0.347. The summed E-state index contributed by atoms with van der Waals surface area (Å²) >= 11 is 0. The lowest BCUT2D eigenvalue weighted by Gasteiger charge is -1.96. The van der Waals surface area contributed by atoms with Crippen LogP contribution in [0.1, 0.15) is 19.3 Å². The Morgan fingerprint density at radius 2 is 2.50 bits per heavy atom. The fraction of sp³-hybridized carbons (Fsp3) is 0.571. The predicted molar refractivity (Wildman–Crippen MR) is 30.4 cm³/mol. The van der Waals surface area contributed by atoms with Crippen LogP contribution in [0.25, 0.3) is 0 Å². The van der Waals surface area contributed by atoms with Gasteiger partial charge in [0.1, 0.15) is 0 Å². The maximum Gasteiger partial charge on any atom is 0.161 e. The highest BCUT2D eigenvalue weighted by atomic mass is 16.1. The van der Waals surface area contributed by atoms with Gasteiger partial charge < -0.3 is 0 Å². The van der Waals surface area contributed by atoms with Crippen LogP contribution in [0.15, 0.2) is 11.6 Å². The van der Waals surface area contributed by atoms with Crippen LogP contribution < -0.4 is 0 Å². The molecule has 0 N–H and O–H groups in total. The summed E-state index contributed by atoms with van der Waals surface area (Å²) in [6.07, 6.45) is 5.32. The third-order valence-electron chi connectivity index (χ3n) is 2.10. The van der Waals surface area contributed by atoms with Gasteiger partial charge in [-0.2, -0.15) is 0 Å². The molecule has 0 radical (unpaired) electrons. The van der Waals surface area contributed by atoms with E-state index in [1.807, 2.05) is 0 Å². The lowest BCUT2D eigenvalue weighted by Crippen LogP contribution is -1.98. The Morgan fingerprint density at radius 3 is 2.62 bits per heavy atom. The second kappa shape index (κ2) is 1.22. The first-order valence-corrected chi connectivity index (χ1v) is 3.11. The number of ketones is 1. The number of carbonyl (C=O) groups excluding carboxylic acids is 1. The molecule has 0 aromatic carbocycles. The van der Waals surface area contributed by atoms with Crippen molar-refractivity contribution in [3.63, 3.8) is 0 Å². The summed E-state index contributed by atoms with van der Waals surface area (Å²) < 4.78 is 0. The summed E-state index contributed by atoms with van der Waals surface area (Å²) in [7, 11) is 0. The minimum absolute atomic E-state index is 0.407.